The van der Waals surface area contributed by atoms with Gasteiger partial charge in [-0.1, -0.05) is 32.0 Å². The van der Waals surface area contributed by atoms with E-state index in [0.717, 1.165) is 29.5 Å². The molecule has 0 saturated heterocycles. The van der Waals surface area contributed by atoms with Crippen LogP contribution in [0.3, 0.4) is 0 Å². The SMILES string of the molecule is CCN(CC)S(=O)(=O)c1ccc2c(c1)CCCN2C(=O)c1cc2ccccc2o1. The Kier molecular flexibility index (Phi) is 5.19. The Morgan fingerprint density at radius 2 is 1.86 bits per heavy atom. The predicted molar refractivity (Wildman–Crippen MR) is 113 cm³/mol. The summed E-state index contributed by atoms with van der Waals surface area (Å²) in [5.41, 5.74) is 2.29. The van der Waals surface area contributed by atoms with Crippen molar-refractivity contribution in [3.63, 3.8) is 0 Å². The molecule has 3 aromatic rings. The fourth-order valence-electron chi connectivity index (χ4n) is 3.88. The molecule has 2 aromatic carbocycles. The lowest BCUT2D eigenvalue weighted by atomic mass is 10.0. The van der Waals surface area contributed by atoms with Gasteiger partial charge in [-0.3, -0.25) is 4.79 Å². The van der Waals surface area contributed by atoms with Crippen molar-refractivity contribution in [2.24, 2.45) is 0 Å². The lowest BCUT2D eigenvalue weighted by Gasteiger charge is -2.29. The molecule has 1 aromatic heterocycles. The highest BCUT2D eigenvalue weighted by molar-refractivity contribution is 7.89. The summed E-state index contributed by atoms with van der Waals surface area (Å²) in [7, 11) is -3.53. The Hall–Kier alpha value is -2.64. The number of carbonyl (C=O) groups excluding carboxylic acids is 1. The highest BCUT2D eigenvalue weighted by Crippen LogP contribution is 2.32. The van der Waals surface area contributed by atoms with Crippen LogP contribution >= 0.6 is 0 Å². The van der Waals surface area contributed by atoms with Crippen molar-refractivity contribution in [2.45, 2.75) is 31.6 Å². The number of nitrogens with zero attached hydrogens (tertiary/aromatic N) is 2. The minimum absolute atomic E-state index is 0.207. The van der Waals surface area contributed by atoms with Gasteiger partial charge < -0.3 is 9.32 Å². The third kappa shape index (κ3) is 3.45. The van der Waals surface area contributed by atoms with E-state index in [-0.39, 0.29) is 10.8 Å². The number of hydrogen-bond donors (Lipinski definition) is 0. The minimum atomic E-state index is -3.53. The van der Waals surface area contributed by atoms with Crippen LogP contribution in [0.15, 0.2) is 57.8 Å². The summed E-state index contributed by atoms with van der Waals surface area (Å²) in [5.74, 6) is 0.0837. The van der Waals surface area contributed by atoms with Crippen molar-refractivity contribution < 1.29 is 17.6 Å². The standard InChI is InChI=1S/C22H24N2O4S/c1-3-23(4-2)29(26,27)18-11-12-19-16(14-18)9-7-13-24(19)22(25)21-15-17-8-5-6-10-20(17)28-21/h5-6,8,10-12,14-15H,3-4,7,9,13H2,1-2H3. The summed E-state index contributed by atoms with van der Waals surface area (Å²) in [6, 6.07) is 14.3. The van der Waals surface area contributed by atoms with Gasteiger partial charge in [-0.25, -0.2) is 8.42 Å². The zero-order valence-electron chi connectivity index (χ0n) is 16.6. The second kappa shape index (κ2) is 7.65. The van der Waals surface area contributed by atoms with Gasteiger partial charge >= 0.3 is 0 Å². The second-order valence-corrected chi connectivity index (χ2v) is 9.03. The number of para-hydroxylation sites is 1. The van der Waals surface area contributed by atoms with Crippen LogP contribution in [0, 0.1) is 0 Å². The summed E-state index contributed by atoms with van der Waals surface area (Å²) < 4.78 is 32.9. The van der Waals surface area contributed by atoms with E-state index < -0.39 is 10.0 Å². The number of hydrogen-bond acceptors (Lipinski definition) is 4. The van der Waals surface area contributed by atoms with Crippen molar-refractivity contribution in [3.8, 4) is 0 Å². The molecule has 0 fully saturated rings. The van der Waals surface area contributed by atoms with E-state index in [1.165, 1.54) is 4.31 Å². The summed E-state index contributed by atoms with van der Waals surface area (Å²) in [4.78, 5) is 15.1. The molecule has 0 N–H and O–H groups in total. The van der Waals surface area contributed by atoms with Crippen molar-refractivity contribution in [2.75, 3.05) is 24.5 Å². The molecule has 29 heavy (non-hydrogen) atoms. The highest BCUT2D eigenvalue weighted by atomic mass is 32.2. The molecule has 7 heteroatoms. The highest BCUT2D eigenvalue weighted by Gasteiger charge is 2.28. The molecule has 1 amide bonds. The van der Waals surface area contributed by atoms with Crippen LogP contribution in [0.2, 0.25) is 0 Å². The largest absolute Gasteiger partial charge is 0.451 e. The second-order valence-electron chi connectivity index (χ2n) is 7.09. The first kappa shape index (κ1) is 19.7. The van der Waals surface area contributed by atoms with E-state index in [1.54, 1.807) is 29.2 Å². The van der Waals surface area contributed by atoms with Crippen LogP contribution in [0.5, 0.6) is 0 Å². The van der Waals surface area contributed by atoms with Crippen molar-refractivity contribution in [1.29, 1.82) is 0 Å². The van der Waals surface area contributed by atoms with Gasteiger partial charge in [0.2, 0.25) is 10.0 Å². The number of amides is 1. The summed E-state index contributed by atoms with van der Waals surface area (Å²) >= 11 is 0. The van der Waals surface area contributed by atoms with Crippen molar-refractivity contribution in [3.05, 3.63) is 59.9 Å². The van der Waals surface area contributed by atoms with E-state index in [1.807, 2.05) is 38.1 Å². The van der Waals surface area contributed by atoms with E-state index >= 15 is 0 Å². The minimum Gasteiger partial charge on any atom is -0.451 e. The number of anilines is 1. The van der Waals surface area contributed by atoms with Crippen LogP contribution in [-0.4, -0.2) is 38.3 Å². The monoisotopic (exact) mass is 412 g/mol. The Morgan fingerprint density at radius 3 is 2.59 bits per heavy atom. The molecular weight excluding hydrogens is 388 g/mol. The summed E-state index contributed by atoms with van der Waals surface area (Å²) in [6.45, 7) is 5.07. The maximum Gasteiger partial charge on any atom is 0.294 e. The first-order chi connectivity index (χ1) is 14.0. The number of rotatable bonds is 5. The van der Waals surface area contributed by atoms with Crippen LogP contribution in [0.1, 0.15) is 36.4 Å². The van der Waals surface area contributed by atoms with E-state index in [0.29, 0.717) is 31.0 Å². The Bertz CT molecular complexity index is 1130. The number of furan rings is 1. The van der Waals surface area contributed by atoms with Gasteiger partial charge in [0.25, 0.3) is 5.91 Å². The lowest BCUT2D eigenvalue weighted by Crippen LogP contribution is -2.35. The van der Waals surface area contributed by atoms with Gasteiger partial charge in [0.1, 0.15) is 5.58 Å². The van der Waals surface area contributed by atoms with Crippen LogP contribution < -0.4 is 4.90 Å². The zero-order chi connectivity index (χ0) is 20.6. The molecule has 0 unspecified atom stereocenters. The van der Waals surface area contributed by atoms with Gasteiger partial charge in [0, 0.05) is 30.7 Å². The van der Waals surface area contributed by atoms with Gasteiger partial charge in [0.05, 0.1) is 4.90 Å². The molecular formula is C22H24N2O4S. The molecule has 2 heterocycles. The fraction of sp³-hybridized carbons (Fsp3) is 0.318. The Labute approximate surface area is 170 Å². The third-order valence-electron chi connectivity index (χ3n) is 5.39. The van der Waals surface area contributed by atoms with Crippen LogP contribution in [0.4, 0.5) is 5.69 Å². The average Bonchev–Trinajstić information content (AvgIpc) is 3.17. The average molecular weight is 413 g/mol. The van der Waals surface area contributed by atoms with Crippen LogP contribution in [0.25, 0.3) is 11.0 Å². The molecule has 1 aliphatic rings. The maximum absolute atomic E-state index is 13.1. The van der Waals surface area contributed by atoms with E-state index in [2.05, 4.69) is 0 Å². The van der Waals surface area contributed by atoms with E-state index in [4.69, 9.17) is 4.42 Å². The lowest BCUT2D eigenvalue weighted by molar-refractivity contribution is 0.0960. The molecule has 1 aliphatic heterocycles. The normalized spacial score (nSPS) is 14.4. The number of benzene rings is 2. The van der Waals surface area contributed by atoms with Gasteiger partial charge in [0.15, 0.2) is 5.76 Å². The van der Waals surface area contributed by atoms with Crippen molar-refractivity contribution >= 4 is 32.6 Å². The predicted octanol–water partition coefficient (Wildman–Crippen LogP) is 4.06. The van der Waals surface area contributed by atoms with Crippen LogP contribution in [-0.2, 0) is 16.4 Å². The topological polar surface area (TPSA) is 70.8 Å². The molecule has 4 rings (SSSR count). The maximum atomic E-state index is 13.1. The first-order valence-electron chi connectivity index (χ1n) is 9.89. The first-order valence-corrected chi connectivity index (χ1v) is 11.3. The number of fused-ring (bicyclic) bond motifs is 2. The summed E-state index contributed by atoms with van der Waals surface area (Å²) in [5, 5.41) is 0.883. The summed E-state index contributed by atoms with van der Waals surface area (Å²) in [6.07, 6.45) is 1.51. The Balaban J connectivity index is 1.69. The quantitative estimate of drug-likeness (QED) is 0.634. The molecule has 0 bridgehead atoms. The molecule has 152 valence electrons. The molecule has 0 atom stereocenters. The van der Waals surface area contributed by atoms with Crippen molar-refractivity contribution in [1.82, 2.24) is 4.31 Å². The van der Waals surface area contributed by atoms with Gasteiger partial charge in [-0.15, -0.1) is 0 Å². The van der Waals surface area contributed by atoms with Gasteiger partial charge in [-0.05, 0) is 48.7 Å². The van der Waals surface area contributed by atoms with Gasteiger partial charge in [-0.2, -0.15) is 4.31 Å². The molecule has 6 nitrogen and oxygen atoms in total. The molecule has 0 radical (unpaired) electrons. The fourth-order valence-corrected chi connectivity index (χ4v) is 5.39. The molecule has 0 spiro atoms. The Morgan fingerprint density at radius 1 is 1.10 bits per heavy atom. The third-order valence-corrected chi connectivity index (χ3v) is 7.44. The number of sulfonamides is 1. The molecule has 0 saturated carbocycles. The number of aryl methyl sites for hydroxylation is 1. The number of carbonyl (C=O) groups is 1. The smallest absolute Gasteiger partial charge is 0.294 e. The van der Waals surface area contributed by atoms with E-state index in [9.17, 15) is 13.2 Å². The zero-order valence-corrected chi connectivity index (χ0v) is 17.4. The molecule has 0 aliphatic carbocycles.